The van der Waals surface area contributed by atoms with Crippen molar-refractivity contribution >= 4 is 47.8 Å². The number of halogens is 3. The van der Waals surface area contributed by atoms with E-state index in [-0.39, 0.29) is 27.2 Å². The summed E-state index contributed by atoms with van der Waals surface area (Å²) >= 11 is 11.6. The first-order chi connectivity index (χ1) is 13.5. The molecule has 2 unspecified atom stereocenters. The topological polar surface area (TPSA) is 40.2 Å². The SMILES string of the molecule is COc1c(Br)cc2c3c1O[C@H]1C4(OCCO4)C(Br)C=C4[C@H](C2Br)N(C)CC[C@]431. The molecule has 0 radical (unpaired) electrons. The Morgan fingerprint density at radius 3 is 2.71 bits per heavy atom. The summed E-state index contributed by atoms with van der Waals surface area (Å²) in [7, 11) is 3.90. The van der Waals surface area contributed by atoms with E-state index in [4.69, 9.17) is 18.9 Å². The first-order valence-electron chi connectivity index (χ1n) is 9.51. The van der Waals surface area contributed by atoms with Gasteiger partial charge in [0.05, 0.1) is 39.9 Å². The van der Waals surface area contributed by atoms with Crippen molar-refractivity contribution < 1.29 is 18.9 Å². The van der Waals surface area contributed by atoms with Crippen LogP contribution < -0.4 is 9.47 Å². The summed E-state index contributed by atoms with van der Waals surface area (Å²) in [5.74, 6) is 0.755. The third kappa shape index (κ3) is 1.94. The van der Waals surface area contributed by atoms with Gasteiger partial charge in [0.2, 0.25) is 5.79 Å². The number of hydrogen-bond donors (Lipinski definition) is 0. The van der Waals surface area contributed by atoms with Crippen molar-refractivity contribution in [2.75, 3.05) is 33.9 Å². The fourth-order valence-electron chi connectivity index (χ4n) is 6.04. The van der Waals surface area contributed by atoms with E-state index >= 15 is 0 Å². The molecule has 150 valence electrons. The Labute approximate surface area is 189 Å². The van der Waals surface area contributed by atoms with Crippen molar-refractivity contribution in [1.82, 2.24) is 4.90 Å². The van der Waals surface area contributed by atoms with Crippen LogP contribution in [0.1, 0.15) is 22.4 Å². The highest BCUT2D eigenvalue weighted by molar-refractivity contribution is 9.10. The minimum absolute atomic E-state index is 0.0744. The van der Waals surface area contributed by atoms with E-state index < -0.39 is 5.79 Å². The number of piperidine rings is 1. The average molecular weight is 578 g/mol. The predicted octanol–water partition coefficient (Wildman–Crippen LogP) is 4.06. The normalized spacial score (nSPS) is 39.5. The number of likely N-dealkylation sites (tertiary alicyclic amines) is 1. The molecule has 5 nitrogen and oxygen atoms in total. The molecule has 8 heteroatoms. The minimum Gasteiger partial charge on any atom is -0.492 e. The molecule has 0 amide bonds. The van der Waals surface area contributed by atoms with Gasteiger partial charge in [-0.05, 0) is 53.1 Å². The van der Waals surface area contributed by atoms with Crippen molar-refractivity contribution in [3.63, 3.8) is 0 Å². The second kappa shape index (κ2) is 5.98. The molecule has 5 atom stereocenters. The Balaban J connectivity index is 1.71. The molecule has 6 rings (SSSR count). The number of likely N-dealkylation sites (N-methyl/N-ethyl adjacent to an activating group) is 1. The summed E-state index contributed by atoms with van der Waals surface area (Å²) in [6.45, 7) is 2.15. The van der Waals surface area contributed by atoms with Gasteiger partial charge in [0, 0.05) is 11.6 Å². The number of fused-ring (bicyclic) bond motifs is 1. The molecule has 0 aromatic heterocycles. The molecule has 2 fully saturated rings. The smallest absolute Gasteiger partial charge is 0.223 e. The first-order valence-corrected chi connectivity index (χ1v) is 12.1. The van der Waals surface area contributed by atoms with Gasteiger partial charge in [0.25, 0.3) is 0 Å². The number of nitrogens with zero attached hydrogens (tertiary/aromatic N) is 1. The van der Waals surface area contributed by atoms with Crippen LogP contribution >= 0.6 is 47.8 Å². The van der Waals surface area contributed by atoms with Gasteiger partial charge in [-0.2, -0.15) is 0 Å². The van der Waals surface area contributed by atoms with Gasteiger partial charge < -0.3 is 18.9 Å². The monoisotopic (exact) mass is 575 g/mol. The predicted molar refractivity (Wildman–Crippen MR) is 115 cm³/mol. The van der Waals surface area contributed by atoms with Crippen molar-refractivity contribution in [1.29, 1.82) is 0 Å². The number of rotatable bonds is 1. The Kier molecular flexibility index (Phi) is 3.98. The standard InChI is InChI=1S/C20H20Br3NO4/c1-24-4-3-19-10-8-12(22)20(26-5-6-27-20)18(19)28-17-13(19)9(14(23)15(10)24)7-11(21)16(17)25-2/h7-8,12,14-15,18H,3-6H2,1-2H3/t12?,14?,15-,18-,19+/m1/s1. The van der Waals surface area contributed by atoms with Crippen LogP contribution in [0.15, 0.2) is 22.2 Å². The Hall–Kier alpha value is -0.120. The fourth-order valence-corrected chi connectivity index (χ4v) is 8.47. The molecule has 0 saturated carbocycles. The number of hydrogen-bond acceptors (Lipinski definition) is 5. The van der Waals surface area contributed by atoms with Crippen LogP contribution in [0.25, 0.3) is 0 Å². The van der Waals surface area contributed by atoms with Crippen LogP contribution in [0, 0.1) is 0 Å². The average Bonchev–Trinajstić information content (AvgIpc) is 3.27. The highest BCUT2D eigenvalue weighted by Gasteiger charge is 2.72. The summed E-state index contributed by atoms with van der Waals surface area (Å²) in [5.41, 5.74) is 3.65. The van der Waals surface area contributed by atoms with E-state index in [0.717, 1.165) is 28.9 Å². The zero-order chi connectivity index (χ0) is 19.4. The molecular weight excluding hydrogens is 558 g/mol. The second-order valence-corrected chi connectivity index (χ2v) is 11.0. The van der Waals surface area contributed by atoms with E-state index in [1.807, 2.05) is 0 Å². The molecule has 28 heavy (non-hydrogen) atoms. The zero-order valence-corrected chi connectivity index (χ0v) is 20.3. The highest BCUT2D eigenvalue weighted by atomic mass is 79.9. The largest absolute Gasteiger partial charge is 0.492 e. The molecule has 0 N–H and O–H groups in total. The van der Waals surface area contributed by atoms with Gasteiger partial charge in [0.15, 0.2) is 17.6 Å². The Morgan fingerprint density at radius 2 is 2.00 bits per heavy atom. The van der Waals surface area contributed by atoms with Crippen LogP contribution in [0.2, 0.25) is 0 Å². The summed E-state index contributed by atoms with van der Waals surface area (Å²) in [6, 6.07) is 2.45. The third-order valence-corrected chi connectivity index (χ3v) is 9.60. The van der Waals surface area contributed by atoms with E-state index in [2.05, 4.69) is 71.9 Å². The Morgan fingerprint density at radius 1 is 1.25 bits per heavy atom. The molecular formula is C20H20Br3NO4. The van der Waals surface area contributed by atoms with Gasteiger partial charge in [-0.25, -0.2) is 0 Å². The quantitative estimate of drug-likeness (QED) is 0.372. The molecule has 2 bridgehead atoms. The van der Waals surface area contributed by atoms with E-state index in [1.54, 1.807) is 7.11 Å². The van der Waals surface area contributed by atoms with Crippen molar-refractivity contribution in [3.05, 3.63) is 33.3 Å². The number of alkyl halides is 2. The lowest BCUT2D eigenvalue weighted by atomic mass is 9.55. The second-order valence-electron chi connectivity index (χ2n) is 8.17. The van der Waals surface area contributed by atoms with Crippen molar-refractivity contribution in [2.45, 2.75) is 39.4 Å². The highest BCUT2D eigenvalue weighted by Crippen LogP contribution is 2.68. The maximum absolute atomic E-state index is 6.76. The van der Waals surface area contributed by atoms with Crippen molar-refractivity contribution in [2.24, 2.45) is 0 Å². The van der Waals surface area contributed by atoms with Crippen LogP contribution in [0.4, 0.5) is 0 Å². The van der Waals surface area contributed by atoms with E-state index in [9.17, 15) is 0 Å². The Bertz CT molecular complexity index is 915. The summed E-state index contributed by atoms with van der Waals surface area (Å²) in [6.07, 6.45) is 3.04. The third-order valence-electron chi connectivity index (χ3n) is 7.11. The number of methoxy groups -OCH3 is 1. The summed E-state index contributed by atoms with van der Waals surface area (Å²) in [5, 5.41) is 0. The van der Waals surface area contributed by atoms with Crippen LogP contribution in [0.3, 0.4) is 0 Å². The lowest BCUT2D eigenvalue weighted by molar-refractivity contribution is -0.221. The maximum atomic E-state index is 6.76. The maximum Gasteiger partial charge on any atom is 0.223 e. The molecule has 1 aromatic carbocycles. The van der Waals surface area contributed by atoms with E-state index in [0.29, 0.717) is 13.2 Å². The lowest BCUT2D eigenvalue weighted by Gasteiger charge is -2.58. The van der Waals surface area contributed by atoms with Crippen LogP contribution in [-0.2, 0) is 14.9 Å². The van der Waals surface area contributed by atoms with Crippen molar-refractivity contribution in [3.8, 4) is 11.5 Å². The first kappa shape index (κ1) is 18.6. The molecule has 2 spiro atoms. The molecule has 5 aliphatic rings. The van der Waals surface area contributed by atoms with Crippen LogP contribution in [0.5, 0.6) is 11.5 Å². The van der Waals surface area contributed by atoms with Gasteiger partial charge >= 0.3 is 0 Å². The number of benzene rings is 1. The summed E-state index contributed by atoms with van der Waals surface area (Å²) in [4.78, 5) is 2.55. The van der Waals surface area contributed by atoms with Gasteiger partial charge in [-0.15, -0.1) is 0 Å². The molecule has 3 heterocycles. The van der Waals surface area contributed by atoms with Gasteiger partial charge in [-0.1, -0.05) is 37.9 Å². The molecule has 2 saturated heterocycles. The van der Waals surface area contributed by atoms with Gasteiger partial charge in [0.1, 0.15) is 0 Å². The molecule has 2 aliphatic carbocycles. The molecule has 1 aromatic rings. The fraction of sp³-hybridized carbons (Fsp3) is 0.600. The molecule has 3 aliphatic heterocycles. The summed E-state index contributed by atoms with van der Waals surface area (Å²) < 4.78 is 26.0. The zero-order valence-electron chi connectivity index (χ0n) is 15.5. The lowest BCUT2D eigenvalue weighted by Crippen LogP contribution is -2.68. The van der Waals surface area contributed by atoms with Crippen LogP contribution in [-0.4, -0.2) is 61.6 Å². The van der Waals surface area contributed by atoms with E-state index in [1.165, 1.54) is 16.7 Å². The minimum atomic E-state index is -0.823. The number of ether oxygens (including phenoxy) is 4. The van der Waals surface area contributed by atoms with Gasteiger partial charge in [-0.3, -0.25) is 4.90 Å².